The van der Waals surface area contributed by atoms with Gasteiger partial charge in [-0.15, -0.1) is 0 Å². The fourth-order valence-electron chi connectivity index (χ4n) is 1.78. The third-order valence-electron chi connectivity index (χ3n) is 2.60. The van der Waals surface area contributed by atoms with Crippen LogP contribution in [0.2, 0.25) is 0 Å². The predicted octanol–water partition coefficient (Wildman–Crippen LogP) is 1.86. The molecule has 0 saturated heterocycles. The van der Waals surface area contributed by atoms with Crippen LogP contribution in [0, 0.1) is 0 Å². The molecule has 0 atom stereocenters. The molecule has 0 saturated carbocycles. The normalized spacial score (nSPS) is 12.3. The summed E-state index contributed by atoms with van der Waals surface area (Å²) < 4.78 is 0. The molecule has 0 amide bonds. The van der Waals surface area contributed by atoms with Crippen LogP contribution in [-0.4, -0.2) is 12.5 Å². The van der Waals surface area contributed by atoms with Gasteiger partial charge in [-0.1, -0.05) is 35.4 Å². The summed E-state index contributed by atoms with van der Waals surface area (Å²) in [7, 11) is 0.0927. The van der Waals surface area contributed by atoms with Crippen molar-refractivity contribution in [3.63, 3.8) is 0 Å². The summed E-state index contributed by atoms with van der Waals surface area (Å²) in [5.74, 6) is 0. The van der Waals surface area contributed by atoms with E-state index in [0.717, 1.165) is 16.8 Å². The molecular weight excluding hydrogens is 217 g/mol. The molecule has 2 aromatic carbocycles. The second-order valence-electron chi connectivity index (χ2n) is 3.71. The highest BCUT2D eigenvalue weighted by atomic mass is 32.2. The Hall–Kier alpha value is -1.39. The van der Waals surface area contributed by atoms with Crippen LogP contribution < -0.4 is 10.8 Å². The van der Waals surface area contributed by atoms with Crippen LogP contribution >= 0.6 is 11.8 Å². The van der Waals surface area contributed by atoms with E-state index in [1.807, 2.05) is 30.3 Å². The Bertz CT molecular complexity index is 544. The Labute approximate surface area is 99.0 Å². The third kappa shape index (κ3) is 1.60. The molecule has 2 aromatic rings. The molecule has 4 heteroatoms. The Morgan fingerprint density at radius 1 is 1.00 bits per heavy atom. The summed E-state index contributed by atoms with van der Waals surface area (Å²) in [6.45, 7) is 0. The highest BCUT2D eigenvalue weighted by Gasteiger charge is 2.14. The van der Waals surface area contributed by atoms with Crippen LogP contribution in [0.25, 0.3) is 0 Å². The standard InChI is InChI=1S/C12H10BNOS/c15-13-8-5-6-10-12(7-8)16-11-4-2-1-3-9(11)14-10/h1-7,13-15H. The maximum atomic E-state index is 9.10. The van der Waals surface area contributed by atoms with Gasteiger partial charge in [0.15, 0.2) is 0 Å². The highest BCUT2D eigenvalue weighted by Crippen LogP contribution is 2.43. The van der Waals surface area contributed by atoms with Gasteiger partial charge >= 0.3 is 7.48 Å². The zero-order valence-corrected chi connectivity index (χ0v) is 9.42. The average molecular weight is 227 g/mol. The number of anilines is 2. The van der Waals surface area contributed by atoms with Gasteiger partial charge in [0.25, 0.3) is 0 Å². The summed E-state index contributed by atoms with van der Waals surface area (Å²) >= 11 is 1.74. The number of para-hydroxylation sites is 1. The quantitative estimate of drug-likeness (QED) is 0.622. The van der Waals surface area contributed by atoms with Crippen LogP contribution in [0.3, 0.4) is 0 Å². The average Bonchev–Trinajstić information content (AvgIpc) is 2.35. The molecule has 0 spiro atoms. The molecule has 3 rings (SSSR count). The van der Waals surface area contributed by atoms with E-state index in [2.05, 4.69) is 17.4 Å². The highest BCUT2D eigenvalue weighted by molar-refractivity contribution is 7.99. The lowest BCUT2D eigenvalue weighted by molar-refractivity contribution is 0.615. The smallest absolute Gasteiger partial charge is 0.304 e. The fourth-order valence-corrected chi connectivity index (χ4v) is 2.83. The van der Waals surface area contributed by atoms with Crippen molar-refractivity contribution in [3.8, 4) is 0 Å². The van der Waals surface area contributed by atoms with Crippen molar-refractivity contribution in [2.24, 2.45) is 0 Å². The maximum absolute atomic E-state index is 9.10. The molecule has 0 fully saturated rings. The van der Waals surface area contributed by atoms with Gasteiger partial charge in [-0.25, -0.2) is 0 Å². The van der Waals surface area contributed by atoms with E-state index < -0.39 is 0 Å². The van der Waals surface area contributed by atoms with Crippen molar-refractivity contribution in [2.45, 2.75) is 9.79 Å². The summed E-state index contributed by atoms with van der Waals surface area (Å²) in [6, 6.07) is 14.2. The van der Waals surface area contributed by atoms with E-state index in [9.17, 15) is 0 Å². The van der Waals surface area contributed by atoms with Gasteiger partial charge in [0.1, 0.15) is 0 Å². The number of fused-ring (bicyclic) bond motifs is 2. The zero-order chi connectivity index (χ0) is 11.0. The number of hydrogen-bond donors (Lipinski definition) is 2. The van der Waals surface area contributed by atoms with Crippen LogP contribution in [0.5, 0.6) is 0 Å². The Kier molecular flexibility index (Phi) is 2.38. The predicted molar refractivity (Wildman–Crippen MR) is 69.3 cm³/mol. The molecule has 0 aromatic heterocycles. The Morgan fingerprint density at radius 2 is 1.81 bits per heavy atom. The minimum absolute atomic E-state index is 0.0927. The minimum atomic E-state index is 0.0927. The van der Waals surface area contributed by atoms with Gasteiger partial charge in [-0.3, -0.25) is 0 Å². The zero-order valence-electron chi connectivity index (χ0n) is 8.60. The molecule has 78 valence electrons. The van der Waals surface area contributed by atoms with Gasteiger partial charge in [0.05, 0.1) is 11.4 Å². The first-order valence-electron chi connectivity index (χ1n) is 5.14. The molecule has 0 radical (unpaired) electrons. The molecule has 0 bridgehead atoms. The van der Waals surface area contributed by atoms with Crippen molar-refractivity contribution in [2.75, 3.05) is 5.32 Å². The van der Waals surface area contributed by atoms with Gasteiger partial charge in [0.2, 0.25) is 0 Å². The molecule has 16 heavy (non-hydrogen) atoms. The van der Waals surface area contributed by atoms with Crippen LogP contribution in [-0.2, 0) is 0 Å². The second kappa shape index (κ2) is 3.89. The van der Waals surface area contributed by atoms with E-state index in [-0.39, 0.29) is 7.48 Å². The summed E-state index contributed by atoms with van der Waals surface area (Å²) in [6.07, 6.45) is 0. The second-order valence-corrected chi connectivity index (χ2v) is 4.80. The molecule has 1 aliphatic rings. The first-order chi connectivity index (χ1) is 7.86. The van der Waals surface area contributed by atoms with Crippen molar-refractivity contribution in [1.29, 1.82) is 0 Å². The van der Waals surface area contributed by atoms with Crippen LogP contribution in [0.1, 0.15) is 0 Å². The summed E-state index contributed by atoms with van der Waals surface area (Å²) in [4.78, 5) is 2.40. The van der Waals surface area contributed by atoms with Crippen molar-refractivity contribution in [3.05, 3.63) is 42.5 Å². The van der Waals surface area contributed by atoms with Gasteiger partial charge in [-0.05, 0) is 24.3 Å². The topological polar surface area (TPSA) is 32.3 Å². The molecule has 1 aliphatic heterocycles. The lowest BCUT2D eigenvalue weighted by Crippen LogP contribution is -2.14. The van der Waals surface area contributed by atoms with E-state index in [4.69, 9.17) is 5.02 Å². The molecule has 2 nitrogen and oxygen atoms in total. The lowest BCUT2D eigenvalue weighted by Gasteiger charge is -2.20. The molecular formula is C12H10BNOS. The van der Waals surface area contributed by atoms with Gasteiger partial charge < -0.3 is 10.3 Å². The number of benzene rings is 2. The first-order valence-corrected chi connectivity index (χ1v) is 5.96. The fraction of sp³-hybridized carbons (Fsp3) is 0. The monoisotopic (exact) mass is 227 g/mol. The molecule has 0 aliphatic carbocycles. The molecule has 2 N–H and O–H groups in total. The van der Waals surface area contributed by atoms with Crippen LogP contribution in [0.15, 0.2) is 52.3 Å². The Morgan fingerprint density at radius 3 is 2.69 bits per heavy atom. The Balaban J connectivity index is 2.05. The number of hydrogen-bond acceptors (Lipinski definition) is 3. The summed E-state index contributed by atoms with van der Waals surface area (Å²) in [5.41, 5.74) is 3.21. The molecule has 1 heterocycles. The minimum Gasteiger partial charge on any atom is -0.449 e. The lowest BCUT2D eigenvalue weighted by atomic mass is 9.89. The SMILES string of the molecule is OBc1ccc2c(c1)Sc1ccccc1N2. The van der Waals surface area contributed by atoms with Crippen molar-refractivity contribution >= 4 is 36.1 Å². The molecule has 0 unspecified atom stereocenters. The van der Waals surface area contributed by atoms with Gasteiger partial charge in [-0.2, -0.15) is 0 Å². The first kappa shape index (κ1) is 9.81. The van der Waals surface area contributed by atoms with Crippen molar-refractivity contribution < 1.29 is 5.02 Å². The third-order valence-corrected chi connectivity index (χ3v) is 3.74. The van der Waals surface area contributed by atoms with E-state index in [0.29, 0.717) is 0 Å². The number of rotatable bonds is 1. The van der Waals surface area contributed by atoms with E-state index in [1.54, 1.807) is 11.8 Å². The maximum Gasteiger partial charge on any atom is 0.304 e. The van der Waals surface area contributed by atoms with E-state index >= 15 is 0 Å². The number of nitrogens with one attached hydrogen (secondary N) is 1. The van der Waals surface area contributed by atoms with Crippen molar-refractivity contribution in [1.82, 2.24) is 0 Å². The van der Waals surface area contributed by atoms with Gasteiger partial charge in [0, 0.05) is 9.79 Å². The largest absolute Gasteiger partial charge is 0.449 e. The summed E-state index contributed by atoms with van der Waals surface area (Å²) in [5, 5.41) is 12.5. The van der Waals surface area contributed by atoms with E-state index in [1.165, 1.54) is 9.79 Å². The van der Waals surface area contributed by atoms with Crippen LogP contribution in [0.4, 0.5) is 11.4 Å².